The molecular weight excluding hydrogens is 234 g/mol. The predicted octanol–water partition coefficient (Wildman–Crippen LogP) is 2.33. The normalized spacial score (nSPS) is 10.4. The van der Waals surface area contributed by atoms with Gasteiger partial charge in [-0.15, -0.1) is 11.3 Å². The highest BCUT2D eigenvalue weighted by atomic mass is 32.1. The van der Waals surface area contributed by atoms with Gasteiger partial charge in [-0.1, -0.05) is 6.92 Å². The second kappa shape index (κ2) is 5.63. The monoisotopic (exact) mass is 249 g/mol. The van der Waals surface area contributed by atoms with Crippen LogP contribution in [0.1, 0.15) is 18.4 Å². The first kappa shape index (κ1) is 11.9. The van der Waals surface area contributed by atoms with Crippen LogP contribution in [0.25, 0.3) is 0 Å². The molecule has 5 heteroatoms. The Bertz CT molecular complexity index is 519. The van der Waals surface area contributed by atoms with Crippen molar-refractivity contribution in [3.8, 4) is 0 Å². The van der Waals surface area contributed by atoms with Gasteiger partial charge in [0, 0.05) is 30.4 Å². The van der Waals surface area contributed by atoms with Crippen LogP contribution in [-0.2, 0) is 13.1 Å². The Balaban J connectivity index is 2.06. The van der Waals surface area contributed by atoms with Gasteiger partial charge in [0.05, 0.1) is 12.2 Å². The fourth-order valence-corrected chi connectivity index (χ4v) is 2.13. The number of nitrogens with zero attached hydrogens (tertiary/aromatic N) is 2. The largest absolute Gasteiger partial charge is 0.377 e. The summed E-state index contributed by atoms with van der Waals surface area (Å²) in [5, 5.41) is 6.25. The number of hydrogen-bond donors (Lipinski definition) is 1. The topological polar surface area (TPSA) is 46.9 Å². The Hall–Kier alpha value is -1.62. The van der Waals surface area contributed by atoms with Crippen molar-refractivity contribution >= 4 is 17.0 Å². The molecule has 2 rings (SSSR count). The van der Waals surface area contributed by atoms with Crippen LogP contribution in [0, 0.1) is 0 Å². The van der Waals surface area contributed by atoms with Gasteiger partial charge < -0.3 is 9.88 Å². The lowest BCUT2D eigenvalue weighted by molar-refractivity contribution is 0.655. The number of aromatic nitrogens is 2. The average Bonchev–Trinajstić information content (AvgIpc) is 2.83. The zero-order chi connectivity index (χ0) is 12.1. The maximum Gasteiger partial charge on any atom is 0.250 e. The van der Waals surface area contributed by atoms with Gasteiger partial charge in [-0.3, -0.25) is 4.79 Å². The van der Waals surface area contributed by atoms with Crippen molar-refractivity contribution in [2.75, 3.05) is 5.32 Å². The van der Waals surface area contributed by atoms with E-state index in [1.54, 1.807) is 28.2 Å². The fraction of sp³-hybridized carbons (Fsp3) is 0.333. The van der Waals surface area contributed by atoms with Crippen molar-refractivity contribution in [1.82, 2.24) is 9.55 Å². The van der Waals surface area contributed by atoms with E-state index in [1.165, 1.54) is 0 Å². The Labute approximate surface area is 104 Å². The number of aryl methyl sites for hydroxylation is 1. The summed E-state index contributed by atoms with van der Waals surface area (Å²) >= 11 is 1.62. The predicted molar refractivity (Wildman–Crippen MR) is 70.4 cm³/mol. The molecule has 0 saturated carbocycles. The second-order valence-electron chi connectivity index (χ2n) is 3.73. The fourth-order valence-electron chi connectivity index (χ4n) is 1.57. The van der Waals surface area contributed by atoms with E-state index in [9.17, 15) is 4.79 Å². The van der Waals surface area contributed by atoms with Crippen molar-refractivity contribution in [2.45, 2.75) is 26.4 Å². The number of hydrogen-bond acceptors (Lipinski definition) is 4. The first-order valence-electron chi connectivity index (χ1n) is 5.62. The molecule has 0 fully saturated rings. The summed E-state index contributed by atoms with van der Waals surface area (Å²) in [6.45, 7) is 3.51. The maximum atomic E-state index is 11.5. The van der Waals surface area contributed by atoms with Crippen LogP contribution in [0.15, 0.2) is 34.7 Å². The van der Waals surface area contributed by atoms with Crippen molar-refractivity contribution in [3.05, 3.63) is 45.3 Å². The molecule has 2 heterocycles. The van der Waals surface area contributed by atoms with Gasteiger partial charge in [-0.2, -0.15) is 0 Å². The number of thiazole rings is 1. The van der Waals surface area contributed by atoms with E-state index in [4.69, 9.17) is 0 Å². The highest BCUT2D eigenvalue weighted by Gasteiger charge is 1.99. The van der Waals surface area contributed by atoms with Crippen LogP contribution in [0.5, 0.6) is 0 Å². The lowest BCUT2D eigenvalue weighted by atomic mass is 10.3. The van der Waals surface area contributed by atoms with E-state index in [2.05, 4.69) is 17.2 Å². The average molecular weight is 249 g/mol. The maximum absolute atomic E-state index is 11.5. The molecule has 2 aromatic heterocycles. The summed E-state index contributed by atoms with van der Waals surface area (Å²) in [7, 11) is 0. The van der Waals surface area contributed by atoms with Crippen LogP contribution < -0.4 is 10.9 Å². The Kier molecular flexibility index (Phi) is 3.93. The highest BCUT2D eigenvalue weighted by Crippen LogP contribution is 2.09. The molecular formula is C12H15N3OS. The van der Waals surface area contributed by atoms with Crippen molar-refractivity contribution in [1.29, 1.82) is 0 Å². The Morgan fingerprint density at radius 1 is 1.47 bits per heavy atom. The summed E-state index contributed by atoms with van der Waals surface area (Å²) in [6, 6.07) is 3.40. The quantitative estimate of drug-likeness (QED) is 0.884. The van der Waals surface area contributed by atoms with Gasteiger partial charge in [-0.05, 0) is 12.5 Å². The van der Waals surface area contributed by atoms with Crippen LogP contribution in [0.2, 0.25) is 0 Å². The molecule has 2 aromatic rings. The molecule has 0 unspecified atom stereocenters. The van der Waals surface area contributed by atoms with E-state index >= 15 is 0 Å². The molecule has 0 aliphatic heterocycles. The lowest BCUT2D eigenvalue weighted by Crippen LogP contribution is -2.18. The zero-order valence-electron chi connectivity index (χ0n) is 9.72. The number of nitrogens with one attached hydrogen (secondary N) is 1. The molecule has 0 saturated heterocycles. The van der Waals surface area contributed by atoms with Gasteiger partial charge in [0.1, 0.15) is 5.01 Å². The third-order valence-corrected chi connectivity index (χ3v) is 3.15. The van der Waals surface area contributed by atoms with Gasteiger partial charge in [-0.25, -0.2) is 4.98 Å². The standard InChI is InChI=1S/C12H15N3OS/c1-2-6-15-9-10(3-4-12(15)16)14-8-11-13-5-7-17-11/h3-5,7,9,14H,2,6,8H2,1H3. The van der Waals surface area contributed by atoms with E-state index in [0.29, 0.717) is 6.54 Å². The molecule has 90 valence electrons. The molecule has 0 aromatic carbocycles. The lowest BCUT2D eigenvalue weighted by Gasteiger charge is -2.08. The molecule has 0 radical (unpaired) electrons. The second-order valence-corrected chi connectivity index (χ2v) is 4.71. The minimum Gasteiger partial charge on any atom is -0.377 e. The molecule has 0 amide bonds. The molecule has 17 heavy (non-hydrogen) atoms. The van der Waals surface area contributed by atoms with Crippen LogP contribution in [0.4, 0.5) is 5.69 Å². The minimum absolute atomic E-state index is 0.0478. The summed E-state index contributed by atoms with van der Waals surface area (Å²) < 4.78 is 1.73. The van der Waals surface area contributed by atoms with Crippen molar-refractivity contribution < 1.29 is 0 Å². The van der Waals surface area contributed by atoms with Crippen LogP contribution in [0.3, 0.4) is 0 Å². The molecule has 0 atom stereocenters. The van der Waals surface area contributed by atoms with Crippen LogP contribution in [-0.4, -0.2) is 9.55 Å². The molecule has 0 spiro atoms. The molecule has 0 aliphatic carbocycles. The van der Waals surface area contributed by atoms with E-state index < -0.39 is 0 Å². The van der Waals surface area contributed by atoms with Gasteiger partial charge in [0.2, 0.25) is 0 Å². The van der Waals surface area contributed by atoms with Gasteiger partial charge in [0.15, 0.2) is 0 Å². The van der Waals surface area contributed by atoms with E-state index in [0.717, 1.165) is 23.7 Å². The zero-order valence-corrected chi connectivity index (χ0v) is 10.5. The summed E-state index contributed by atoms with van der Waals surface area (Å²) in [4.78, 5) is 15.7. The molecule has 0 aliphatic rings. The van der Waals surface area contributed by atoms with Crippen molar-refractivity contribution in [2.24, 2.45) is 0 Å². The molecule has 4 nitrogen and oxygen atoms in total. The Morgan fingerprint density at radius 2 is 2.35 bits per heavy atom. The minimum atomic E-state index is 0.0478. The molecule has 1 N–H and O–H groups in total. The van der Waals surface area contributed by atoms with E-state index in [-0.39, 0.29) is 5.56 Å². The van der Waals surface area contributed by atoms with Gasteiger partial charge >= 0.3 is 0 Å². The third kappa shape index (κ3) is 3.17. The first-order valence-corrected chi connectivity index (χ1v) is 6.50. The summed E-state index contributed by atoms with van der Waals surface area (Å²) in [5.74, 6) is 0. The Morgan fingerprint density at radius 3 is 3.06 bits per heavy atom. The molecule has 0 bridgehead atoms. The number of rotatable bonds is 5. The smallest absolute Gasteiger partial charge is 0.250 e. The summed E-state index contributed by atoms with van der Waals surface area (Å²) in [5.41, 5.74) is 1.000. The van der Waals surface area contributed by atoms with Gasteiger partial charge in [0.25, 0.3) is 5.56 Å². The third-order valence-electron chi connectivity index (χ3n) is 2.38. The highest BCUT2D eigenvalue weighted by molar-refractivity contribution is 7.09. The van der Waals surface area contributed by atoms with E-state index in [1.807, 2.05) is 17.6 Å². The number of anilines is 1. The number of pyridine rings is 1. The van der Waals surface area contributed by atoms with Crippen molar-refractivity contribution in [3.63, 3.8) is 0 Å². The summed E-state index contributed by atoms with van der Waals surface area (Å²) in [6.07, 6.45) is 4.61. The first-order chi connectivity index (χ1) is 8.29. The van der Waals surface area contributed by atoms with Crippen LogP contribution >= 0.6 is 11.3 Å². The SMILES string of the molecule is CCCn1cc(NCc2nccs2)ccc1=O.